The molecule has 9 heteroatoms. The Morgan fingerprint density at radius 2 is 1.81 bits per heavy atom. The fourth-order valence-electron chi connectivity index (χ4n) is 1.53. The molecule has 0 aromatic rings. The monoisotopic (exact) mass is 324 g/mol. The van der Waals surface area contributed by atoms with E-state index in [0.717, 1.165) is 6.26 Å². The first-order valence-electron chi connectivity index (χ1n) is 6.50. The number of esters is 1. The van der Waals surface area contributed by atoms with Crippen molar-refractivity contribution >= 4 is 22.0 Å². The highest BCUT2D eigenvalue weighted by atomic mass is 32.2. The van der Waals surface area contributed by atoms with E-state index in [1.165, 1.54) is 0 Å². The van der Waals surface area contributed by atoms with Gasteiger partial charge in [-0.2, -0.15) is 0 Å². The van der Waals surface area contributed by atoms with Crippen LogP contribution < -0.4 is 10.5 Å². The van der Waals surface area contributed by atoms with Crippen molar-refractivity contribution in [1.82, 2.24) is 4.72 Å². The van der Waals surface area contributed by atoms with Gasteiger partial charge in [-0.25, -0.2) is 13.1 Å². The Hall–Kier alpha value is -1.19. The van der Waals surface area contributed by atoms with Crippen molar-refractivity contribution in [3.63, 3.8) is 0 Å². The predicted molar refractivity (Wildman–Crippen MR) is 77.1 cm³/mol. The molecular formula is C12H24N2O6S. The highest BCUT2D eigenvalue weighted by Gasteiger charge is 2.24. The molecule has 0 bridgehead atoms. The van der Waals surface area contributed by atoms with Gasteiger partial charge in [-0.15, -0.1) is 0 Å². The summed E-state index contributed by atoms with van der Waals surface area (Å²) in [5.74, 6) is -1.84. The third-order valence-corrected chi connectivity index (χ3v) is 3.08. The highest BCUT2D eigenvalue weighted by Crippen LogP contribution is 2.11. The minimum Gasteiger partial charge on any atom is -0.480 e. The summed E-state index contributed by atoms with van der Waals surface area (Å²) in [6.07, 6.45) is 1.41. The van der Waals surface area contributed by atoms with Crippen LogP contribution in [0.5, 0.6) is 0 Å². The molecule has 0 aromatic heterocycles. The van der Waals surface area contributed by atoms with Crippen molar-refractivity contribution in [2.45, 2.75) is 57.7 Å². The van der Waals surface area contributed by atoms with Gasteiger partial charge >= 0.3 is 11.9 Å². The summed E-state index contributed by atoms with van der Waals surface area (Å²) < 4.78 is 29.2. The normalized spacial score (nSPS) is 15.3. The Balaban J connectivity index is 4.32. The number of sulfonamides is 1. The van der Waals surface area contributed by atoms with Gasteiger partial charge in [0, 0.05) is 0 Å². The van der Waals surface area contributed by atoms with E-state index in [2.05, 4.69) is 0 Å². The lowest BCUT2D eigenvalue weighted by Crippen LogP contribution is -2.41. The van der Waals surface area contributed by atoms with E-state index in [9.17, 15) is 18.0 Å². The molecule has 0 radical (unpaired) electrons. The average Bonchev–Trinajstić information content (AvgIpc) is 2.23. The molecule has 0 spiro atoms. The third-order valence-electron chi connectivity index (χ3n) is 2.37. The van der Waals surface area contributed by atoms with Crippen molar-refractivity contribution in [3.8, 4) is 0 Å². The second-order valence-electron chi connectivity index (χ2n) is 5.85. The summed E-state index contributed by atoms with van der Waals surface area (Å²) in [5.41, 5.74) is 5.01. The maximum atomic E-state index is 11.6. The van der Waals surface area contributed by atoms with Gasteiger partial charge in [0.2, 0.25) is 10.0 Å². The van der Waals surface area contributed by atoms with Crippen molar-refractivity contribution in [1.29, 1.82) is 0 Å². The van der Waals surface area contributed by atoms with Gasteiger partial charge in [-0.1, -0.05) is 0 Å². The van der Waals surface area contributed by atoms with Crippen LogP contribution in [0.25, 0.3) is 0 Å². The van der Waals surface area contributed by atoms with E-state index in [0.29, 0.717) is 0 Å². The fraction of sp³-hybridized carbons (Fsp3) is 0.833. The van der Waals surface area contributed by atoms with Crippen LogP contribution in [0.3, 0.4) is 0 Å². The van der Waals surface area contributed by atoms with Gasteiger partial charge in [0.15, 0.2) is 0 Å². The Bertz CT molecular complexity index is 469. The lowest BCUT2D eigenvalue weighted by molar-refractivity contribution is -0.156. The molecule has 0 aliphatic heterocycles. The molecule has 0 saturated carbocycles. The Kier molecular flexibility index (Phi) is 7.28. The van der Waals surface area contributed by atoms with Gasteiger partial charge in [-0.3, -0.25) is 9.59 Å². The van der Waals surface area contributed by atoms with Gasteiger partial charge < -0.3 is 15.6 Å². The highest BCUT2D eigenvalue weighted by molar-refractivity contribution is 7.88. The number of carboxylic acids is 1. The zero-order valence-electron chi connectivity index (χ0n) is 12.8. The molecule has 0 heterocycles. The van der Waals surface area contributed by atoms with Crippen LogP contribution in [0.4, 0.5) is 0 Å². The molecule has 0 saturated heterocycles. The van der Waals surface area contributed by atoms with E-state index in [-0.39, 0.29) is 19.3 Å². The second kappa shape index (κ2) is 7.71. The van der Waals surface area contributed by atoms with Gasteiger partial charge in [0.05, 0.1) is 6.26 Å². The number of rotatable bonds is 8. The standard InChI is InChI=1S/C12H24N2O6S/c1-12(2,3)20-11(17)8(13)6-5-7-9(10(15)16)14-21(4,18)19/h8-9,14H,5-7,13H2,1-4H3,(H,15,16)/t8?,9-/m0/s1. The number of nitrogens with one attached hydrogen (secondary N) is 1. The molecule has 8 nitrogen and oxygen atoms in total. The molecule has 1 unspecified atom stereocenters. The van der Waals surface area contributed by atoms with Crippen molar-refractivity contribution in [3.05, 3.63) is 0 Å². The molecule has 0 aliphatic rings. The Morgan fingerprint density at radius 1 is 1.29 bits per heavy atom. The molecular weight excluding hydrogens is 300 g/mol. The van der Waals surface area contributed by atoms with Crippen LogP contribution >= 0.6 is 0 Å². The first-order chi connectivity index (χ1) is 9.32. The maximum absolute atomic E-state index is 11.6. The molecule has 0 rings (SSSR count). The molecule has 2 atom stereocenters. The lowest BCUT2D eigenvalue weighted by atomic mass is 10.1. The first-order valence-corrected chi connectivity index (χ1v) is 8.39. The van der Waals surface area contributed by atoms with Crippen LogP contribution in [0.1, 0.15) is 40.0 Å². The van der Waals surface area contributed by atoms with Crippen LogP contribution in [-0.2, 0) is 24.3 Å². The van der Waals surface area contributed by atoms with E-state index in [1.54, 1.807) is 20.8 Å². The van der Waals surface area contributed by atoms with E-state index < -0.39 is 39.6 Å². The maximum Gasteiger partial charge on any atom is 0.323 e. The first kappa shape index (κ1) is 19.8. The minimum absolute atomic E-state index is 0.0406. The summed E-state index contributed by atoms with van der Waals surface area (Å²) in [6.45, 7) is 5.15. The molecule has 21 heavy (non-hydrogen) atoms. The zero-order valence-corrected chi connectivity index (χ0v) is 13.6. The number of ether oxygens (including phenoxy) is 1. The molecule has 0 aromatic carbocycles. The smallest absolute Gasteiger partial charge is 0.323 e. The van der Waals surface area contributed by atoms with Crippen molar-refractivity contribution < 1.29 is 27.9 Å². The molecule has 0 amide bonds. The average molecular weight is 324 g/mol. The SMILES string of the molecule is CC(C)(C)OC(=O)C(N)CCC[C@H](NS(C)(=O)=O)C(=O)O. The number of carbonyl (C=O) groups excluding carboxylic acids is 1. The van der Waals surface area contributed by atoms with Gasteiger partial charge in [0.25, 0.3) is 0 Å². The van der Waals surface area contributed by atoms with Crippen LogP contribution in [0.2, 0.25) is 0 Å². The van der Waals surface area contributed by atoms with E-state index in [4.69, 9.17) is 15.6 Å². The summed E-state index contributed by atoms with van der Waals surface area (Å²) in [6, 6.07) is -2.09. The zero-order chi connectivity index (χ0) is 16.8. The van der Waals surface area contributed by atoms with E-state index >= 15 is 0 Å². The number of carboxylic acid groups (broad SMARTS) is 1. The Labute approximate surface area is 125 Å². The molecule has 124 valence electrons. The van der Waals surface area contributed by atoms with Gasteiger partial charge in [0.1, 0.15) is 17.7 Å². The number of hydrogen-bond donors (Lipinski definition) is 3. The van der Waals surface area contributed by atoms with E-state index in [1.807, 2.05) is 4.72 Å². The van der Waals surface area contributed by atoms with Crippen LogP contribution in [-0.4, -0.2) is 49.4 Å². The van der Waals surface area contributed by atoms with Crippen LogP contribution in [0.15, 0.2) is 0 Å². The molecule has 0 fully saturated rings. The fourth-order valence-corrected chi connectivity index (χ4v) is 2.26. The number of carbonyl (C=O) groups is 2. The summed E-state index contributed by atoms with van der Waals surface area (Å²) in [5, 5.41) is 8.91. The Morgan fingerprint density at radius 3 is 2.19 bits per heavy atom. The number of hydrogen-bond acceptors (Lipinski definition) is 6. The van der Waals surface area contributed by atoms with Crippen molar-refractivity contribution in [2.24, 2.45) is 5.73 Å². The number of nitrogens with two attached hydrogens (primary N) is 1. The number of aliphatic carboxylic acids is 1. The quantitative estimate of drug-likeness (QED) is 0.527. The molecule has 0 aliphatic carbocycles. The van der Waals surface area contributed by atoms with Crippen molar-refractivity contribution in [2.75, 3.05) is 6.26 Å². The summed E-state index contributed by atoms with van der Waals surface area (Å²) in [7, 11) is -3.61. The molecule has 4 N–H and O–H groups in total. The second-order valence-corrected chi connectivity index (χ2v) is 7.63. The summed E-state index contributed by atoms with van der Waals surface area (Å²) in [4.78, 5) is 22.5. The van der Waals surface area contributed by atoms with Gasteiger partial charge in [-0.05, 0) is 40.0 Å². The lowest BCUT2D eigenvalue weighted by Gasteiger charge is -2.22. The van der Waals surface area contributed by atoms with Crippen LogP contribution in [0, 0.1) is 0 Å². The third kappa shape index (κ3) is 10.2. The summed E-state index contributed by atoms with van der Waals surface area (Å²) >= 11 is 0. The predicted octanol–water partition coefficient (Wildman–Crippen LogP) is -0.172. The topological polar surface area (TPSA) is 136 Å². The minimum atomic E-state index is -3.61. The largest absolute Gasteiger partial charge is 0.480 e.